The van der Waals surface area contributed by atoms with Crippen LogP contribution < -0.4 is 15.0 Å². The summed E-state index contributed by atoms with van der Waals surface area (Å²) in [5, 5.41) is 8.17. The number of hydrogen-bond acceptors (Lipinski definition) is 9. The van der Waals surface area contributed by atoms with Gasteiger partial charge in [0.25, 0.3) is 5.56 Å². The minimum Gasteiger partial charge on any atom is -0.493 e. The highest BCUT2D eigenvalue weighted by molar-refractivity contribution is 5.77. The molecule has 1 aromatic carbocycles. The standard InChI is InChI=1S/C23H31N5O7/c1-4-34-23(31)28-11-9-27(10-12-28)20(29)8-6-17-22(30)24-21(26-25-17)16-5-7-18(19(15-16)33-3)35-14-13-32-2/h5,7,15H,4,6,8-14H2,1-3H3,(H,24,26,30). The van der Waals surface area contributed by atoms with Crippen molar-refractivity contribution in [3.8, 4) is 22.9 Å². The van der Waals surface area contributed by atoms with Gasteiger partial charge in [0.05, 0.1) is 20.3 Å². The fourth-order valence-electron chi connectivity index (χ4n) is 3.56. The summed E-state index contributed by atoms with van der Waals surface area (Å²) >= 11 is 0. The van der Waals surface area contributed by atoms with Crippen LogP contribution in [0.1, 0.15) is 19.0 Å². The molecule has 1 aromatic heterocycles. The first kappa shape index (κ1) is 25.9. The van der Waals surface area contributed by atoms with Gasteiger partial charge in [0.1, 0.15) is 12.3 Å². The Balaban J connectivity index is 1.57. The third-order valence-electron chi connectivity index (χ3n) is 5.48. The smallest absolute Gasteiger partial charge is 0.409 e. The van der Waals surface area contributed by atoms with Crippen molar-refractivity contribution >= 4 is 12.0 Å². The SMILES string of the molecule is CCOC(=O)N1CCN(C(=O)CCc2nnc(-c3ccc(OCCOC)c(OC)c3)[nH]c2=O)CC1. The number of nitrogens with zero attached hydrogens (tertiary/aromatic N) is 4. The molecule has 12 heteroatoms. The van der Waals surface area contributed by atoms with Gasteiger partial charge >= 0.3 is 6.09 Å². The molecule has 2 heterocycles. The van der Waals surface area contributed by atoms with Crippen LogP contribution in [0.5, 0.6) is 11.5 Å². The topological polar surface area (TPSA) is 136 Å². The Morgan fingerprint density at radius 3 is 2.43 bits per heavy atom. The van der Waals surface area contributed by atoms with Crippen molar-refractivity contribution in [2.24, 2.45) is 0 Å². The van der Waals surface area contributed by atoms with Crippen LogP contribution in [0.15, 0.2) is 23.0 Å². The van der Waals surface area contributed by atoms with Crippen LogP contribution in [-0.4, -0.2) is 97.2 Å². The molecule has 1 fully saturated rings. The first-order chi connectivity index (χ1) is 17.0. The van der Waals surface area contributed by atoms with Crippen LogP contribution >= 0.6 is 0 Å². The van der Waals surface area contributed by atoms with E-state index in [0.29, 0.717) is 63.1 Å². The number of aromatic nitrogens is 3. The van der Waals surface area contributed by atoms with Gasteiger partial charge in [-0.1, -0.05) is 0 Å². The van der Waals surface area contributed by atoms with Crippen molar-refractivity contribution < 1.29 is 28.5 Å². The minimum absolute atomic E-state index is 0.104. The summed E-state index contributed by atoms with van der Waals surface area (Å²) in [5.74, 6) is 1.20. The molecule has 1 aliphatic heterocycles. The summed E-state index contributed by atoms with van der Waals surface area (Å²) in [6.07, 6.45) is -0.0835. The number of ether oxygens (including phenoxy) is 4. The third-order valence-corrected chi connectivity index (χ3v) is 5.48. The molecule has 12 nitrogen and oxygen atoms in total. The highest BCUT2D eigenvalue weighted by Crippen LogP contribution is 2.31. The quantitative estimate of drug-likeness (QED) is 0.487. The number of H-pyrrole nitrogens is 1. The number of piperazine rings is 1. The maximum Gasteiger partial charge on any atom is 0.409 e. The summed E-state index contributed by atoms with van der Waals surface area (Å²) in [4.78, 5) is 42.9. The van der Waals surface area contributed by atoms with Crippen molar-refractivity contribution in [2.75, 3.05) is 60.2 Å². The summed E-state index contributed by atoms with van der Waals surface area (Å²) in [7, 11) is 3.11. The van der Waals surface area contributed by atoms with E-state index >= 15 is 0 Å². The van der Waals surface area contributed by atoms with E-state index in [1.165, 1.54) is 7.11 Å². The van der Waals surface area contributed by atoms with E-state index in [1.807, 2.05) is 0 Å². The third kappa shape index (κ3) is 6.92. The number of aromatic amines is 1. The second kappa shape index (κ2) is 12.7. The van der Waals surface area contributed by atoms with Gasteiger partial charge in [-0.05, 0) is 25.1 Å². The lowest BCUT2D eigenvalue weighted by Gasteiger charge is -2.34. The lowest BCUT2D eigenvalue weighted by atomic mass is 10.2. The predicted octanol–water partition coefficient (Wildman–Crippen LogP) is 1.10. The first-order valence-electron chi connectivity index (χ1n) is 11.4. The fourth-order valence-corrected chi connectivity index (χ4v) is 3.56. The van der Waals surface area contributed by atoms with E-state index in [4.69, 9.17) is 18.9 Å². The van der Waals surface area contributed by atoms with Crippen molar-refractivity contribution in [3.63, 3.8) is 0 Å². The van der Waals surface area contributed by atoms with Crippen molar-refractivity contribution in [1.29, 1.82) is 0 Å². The highest BCUT2D eigenvalue weighted by Gasteiger charge is 2.25. The Morgan fingerprint density at radius 2 is 1.77 bits per heavy atom. The number of methoxy groups -OCH3 is 2. The molecule has 35 heavy (non-hydrogen) atoms. The molecule has 0 atom stereocenters. The van der Waals surface area contributed by atoms with Gasteiger partial charge in [-0.25, -0.2) is 4.79 Å². The summed E-state index contributed by atoms with van der Waals surface area (Å²) in [6, 6.07) is 5.16. The number of carbonyl (C=O) groups excluding carboxylic acids is 2. The van der Waals surface area contributed by atoms with E-state index in [1.54, 1.807) is 42.0 Å². The van der Waals surface area contributed by atoms with Crippen LogP contribution in [0.3, 0.4) is 0 Å². The van der Waals surface area contributed by atoms with Crippen molar-refractivity contribution in [1.82, 2.24) is 25.0 Å². The van der Waals surface area contributed by atoms with E-state index in [-0.39, 0.29) is 36.4 Å². The molecule has 0 spiro atoms. The maximum atomic E-state index is 12.6. The van der Waals surface area contributed by atoms with E-state index < -0.39 is 5.56 Å². The molecular formula is C23H31N5O7. The van der Waals surface area contributed by atoms with Crippen LogP contribution in [0.25, 0.3) is 11.4 Å². The van der Waals surface area contributed by atoms with Gasteiger partial charge in [-0.2, -0.15) is 0 Å². The zero-order valence-corrected chi connectivity index (χ0v) is 20.2. The highest BCUT2D eigenvalue weighted by atomic mass is 16.6. The number of nitrogens with one attached hydrogen (secondary N) is 1. The van der Waals surface area contributed by atoms with Crippen LogP contribution in [0.4, 0.5) is 4.79 Å². The maximum absolute atomic E-state index is 12.6. The Labute approximate surface area is 203 Å². The summed E-state index contributed by atoms with van der Waals surface area (Å²) in [6.45, 7) is 4.56. The molecule has 0 unspecified atom stereocenters. The van der Waals surface area contributed by atoms with E-state index in [0.717, 1.165) is 0 Å². The second-order valence-corrected chi connectivity index (χ2v) is 7.72. The van der Waals surface area contributed by atoms with Gasteiger partial charge in [-0.15, -0.1) is 10.2 Å². The molecule has 190 valence electrons. The average molecular weight is 490 g/mol. The lowest BCUT2D eigenvalue weighted by Crippen LogP contribution is -2.50. The molecule has 1 N–H and O–H groups in total. The molecule has 0 aliphatic carbocycles. The van der Waals surface area contributed by atoms with Gasteiger partial charge in [0, 0.05) is 51.7 Å². The number of carbonyl (C=O) groups is 2. The number of hydrogen-bond donors (Lipinski definition) is 1. The number of rotatable bonds is 10. The van der Waals surface area contributed by atoms with Crippen LogP contribution in [0, 0.1) is 0 Å². The summed E-state index contributed by atoms with van der Waals surface area (Å²) < 4.78 is 21.0. The molecule has 2 aromatic rings. The molecule has 0 radical (unpaired) electrons. The first-order valence-corrected chi connectivity index (χ1v) is 11.4. The van der Waals surface area contributed by atoms with Crippen molar-refractivity contribution in [2.45, 2.75) is 19.8 Å². The van der Waals surface area contributed by atoms with Gasteiger partial charge in [-0.3, -0.25) is 9.59 Å². The summed E-state index contributed by atoms with van der Waals surface area (Å²) in [5.41, 5.74) is 0.376. The molecule has 3 rings (SSSR count). The number of aryl methyl sites for hydroxylation is 1. The molecule has 1 saturated heterocycles. The molecule has 1 aliphatic rings. The Bertz CT molecular complexity index is 1070. The zero-order valence-electron chi connectivity index (χ0n) is 20.2. The molecule has 2 amide bonds. The van der Waals surface area contributed by atoms with E-state index in [9.17, 15) is 14.4 Å². The van der Waals surface area contributed by atoms with Gasteiger partial charge in [0.2, 0.25) is 5.91 Å². The Morgan fingerprint density at radius 1 is 1.03 bits per heavy atom. The van der Waals surface area contributed by atoms with Crippen LogP contribution in [-0.2, 0) is 20.7 Å². The average Bonchev–Trinajstić information content (AvgIpc) is 2.88. The van der Waals surface area contributed by atoms with Gasteiger partial charge in [0.15, 0.2) is 17.3 Å². The lowest BCUT2D eigenvalue weighted by molar-refractivity contribution is -0.132. The largest absolute Gasteiger partial charge is 0.493 e. The molecule has 0 saturated carbocycles. The van der Waals surface area contributed by atoms with E-state index in [2.05, 4.69) is 15.2 Å². The number of amides is 2. The van der Waals surface area contributed by atoms with Crippen molar-refractivity contribution in [3.05, 3.63) is 34.2 Å². The normalized spacial score (nSPS) is 13.5. The van der Waals surface area contributed by atoms with Crippen LogP contribution in [0.2, 0.25) is 0 Å². The molecular weight excluding hydrogens is 458 g/mol. The second-order valence-electron chi connectivity index (χ2n) is 7.72. The van der Waals surface area contributed by atoms with Gasteiger partial charge < -0.3 is 33.7 Å². The Hall–Kier alpha value is -3.67. The molecule has 0 bridgehead atoms. The minimum atomic E-state index is -0.408. The zero-order chi connectivity index (χ0) is 25.2. The predicted molar refractivity (Wildman–Crippen MR) is 126 cm³/mol. The number of benzene rings is 1. The fraction of sp³-hybridized carbons (Fsp3) is 0.522. The Kier molecular flexibility index (Phi) is 9.41. The monoisotopic (exact) mass is 489 g/mol.